The third-order valence-electron chi connectivity index (χ3n) is 5.42. The van der Waals surface area contributed by atoms with Gasteiger partial charge in [0.2, 0.25) is 5.88 Å². The minimum absolute atomic E-state index is 0.0239. The van der Waals surface area contributed by atoms with Crippen molar-refractivity contribution in [1.29, 1.82) is 0 Å². The van der Waals surface area contributed by atoms with Crippen molar-refractivity contribution >= 4 is 33.5 Å². The summed E-state index contributed by atoms with van der Waals surface area (Å²) in [6.07, 6.45) is 4.79. The topological polar surface area (TPSA) is 84.3 Å². The monoisotopic (exact) mass is 400 g/mol. The highest BCUT2D eigenvalue weighted by Gasteiger charge is 2.23. The first kappa shape index (κ1) is 18.2. The second-order valence-corrected chi connectivity index (χ2v) is 7.12. The number of amides is 1. The largest absolute Gasteiger partial charge is 0.480 e. The van der Waals surface area contributed by atoms with Crippen molar-refractivity contribution in [1.82, 2.24) is 24.8 Å². The van der Waals surface area contributed by atoms with Crippen molar-refractivity contribution in [2.24, 2.45) is 0 Å². The van der Waals surface area contributed by atoms with Gasteiger partial charge in [-0.05, 0) is 36.4 Å². The predicted molar refractivity (Wildman–Crippen MR) is 114 cm³/mol. The van der Waals surface area contributed by atoms with Gasteiger partial charge in [0.1, 0.15) is 6.33 Å². The third kappa shape index (κ3) is 3.26. The second-order valence-electron chi connectivity index (χ2n) is 7.12. The smallest absolute Gasteiger partial charge is 0.254 e. The van der Waals surface area contributed by atoms with Crippen molar-refractivity contribution in [3.63, 3.8) is 0 Å². The number of ether oxygens (including phenoxy) is 1. The number of methoxy groups -OCH3 is 1. The van der Waals surface area contributed by atoms with E-state index in [0.29, 0.717) is 24.5 Å². The number of carbonyl (C=O) groups is 1. The number of carbonyl (C=O) groups excluding carboxylic acids is 1. The number of piperazine rings is 1. The van der Waals surface area contributed by atoms with Gasteiger partial charge in [-0.2, -0.15) is 0 Å². The first-order chi connectivity index (χ1) is 14.7. The van der Waals surface area contributed by atoms with Gasteiger partial charge in [-0.3, -0.25) is 14.8 Å². The van der Waals surface area contributed by atoms with E-state index in [1.165, 1.54) is 6.33 Å². The molecule has 0 aliphatic carbocycles. The van der Waals surface area contributed by atoms with Gasteiger partial charge in [-0.15, -0.1) is 0 Å². The van der Waals surface area contributed by atoms with Crippen molar-refractivity contribution in [3.8, 4) is 5.88 Å². The number of hydrogen-bond acceptors (Lipinski definition) is 7. The van der Waals surface area contributed by atoms with Crippen LogP contribution in [0.15, 0.2) is 55.1 Å². The van der Waals surface area contributed by atoms with Crippen LogP contribution in [0.4, 0.5) is 5.69 Å². The van der Waals surface area contributed by atoms with Crippen LogP contribution in [-0.2, 0) is 0 Å². The molecule has 0 bridgehead atoms. The molecule has 2 aromatic heterocycles. The minimum atomic E-state index is 0.0239. The molecule has 3 heterocycles. The molecule has 8 heteroatoms. The van der Waals surface area contributed by atoms with Crippen LogP contribution >= 0.6 is 0 Å². The Morgan fingerprint density at radius 2 is 1.63 bits per heavy atom. The highest BCUT2D eigenvalue weighted by molar-refractivity contribution is 5.97. The van der Waals surface area contributed by atoms with E-state index in [4.69, 9.17) is 4.74 Å². The Morgan fingerprint density at radius 3 is 2.43 bits per heavy atom. The van der Waals surface area contributed by atoms with Gasteiger partial charge in [0.05, 0.1) is 29.0 Å². The van der Waals surface area contributed by atoms with Gasteiger partial charge in [0.15, 0.2) is 0 Å². The number of aromatic nitrogens is 4. The Kier molecular flexibility index (Phi) is 4.59. The summed E-state index contributed by atoms with van der Waals surface area (Å²) in [7, 11) is 1.61. The minimum Gasteiger partial charge on any atom is -0.480 e. The van der Waals surface area contributed by atoms with E-state index >= 15 is 0 Å². The maximum atomic E-state index is 13.0. The molecule has 2 aromatic carbocycles. The molecule has 5 rings (SSSR count). The SMILES string of the molecule is COc1ncnc2ccc(N3CCN(C(=O)c4ccc5nccnc5c4)CC3)cc12. The molecule has 8 nitrogen and oxygen atoms in total. The number of nitrogens with zero attached hydrogens (tertiary/aromatic N) is 6. The van der Waals surface area contributed by atoms with Gasteiger partial charge in [0, 0.05) is 49.8 Å². The number of anilines is 1. The predicted octanol–water partition coefficient (Wildman–Crippen LogP) is 2.54. The Hall–Kier alpha value is -3.81. The van der Waals surface area contributed by atoms with Crippen molar-refractivity contribution in [2.45, 2.75) is 0 Å². The lowest BCUT2D eigenvalue weighted by atomic mass is 10.1. The summed E-state index contributed by atoms with van der Waals surface area (Å²) in [6, 6.07) is 11.6. The van der Waals surface area contributed by atoms with Gasteiger partial charge in [0.25, 0.3) is 5.91 Å². The zero-order valence-electron chi connectivity index (χ0n) is 16.5. The molecule has 0 spiro atoms. The third-order valence-corrected chi connectivity index (χ3v) is 5.42. The molecule has 1 amide bonds. The Morgan fingerprint density at radius 1 is 0.867 bits per heavy atom. The van der Waals surface area contributed by atoms with E-state index < -0.39 is 0 Å². The summed E-state index contributed by atoms with van der Waals surface area (Å²) in [6.45, 7) is 2.80. The van der Waals surface area contributed by atoms with Crippen molar-refractivity contribution in [2.75, 3.05) is 38.2 Å². The fraction of sp³-hybridized carbons (Fsp3) is 0.227. The standard InChI is InChI=1S/C22H20N6O2/c1-30-21-17-13-16(3-5-18(17)25-14-26-21)27-8-10-28(11-9-27)22(29)15-2-4-19-20(12-15)24-7-6-23-19/h2-7,12-14H,8-11H2,1H3. The van der Waals surface area contributed by atoms with Crippen molar-refractivity contribution < 1.29 is 9.53 Å². The highest BCUT2D eigenvalue weighted by Crippen LogP contribution is 2.27. The molecular weight excluding hydrogens is 380 g/mol. The van der Waals surface area contributed by atoms with E-state index in [-0.39, 0.29) is 5.91 Å². The molecule has 0 radical (unpaired) electrons. The molecule has 150 valence electrons. The zero-order valence-corrected chi connectivity index (χ0v) is 16.5. The number of fused-ring (bicyclic) bond motifs is 2. The lowest BCUT2D eigenvalue weighted by molar-refractivity contribution is 0.0747. The van der Waals surface area contributed by atoms with E-state index in [9.17, 15) is 4.79 Å². The first-order valence-electron chi connectivity index (χ1n) is 9.77. The van der Waals surface area contributed by atoms with Gasteiger partial charge in [-0.25, -0.2) is 9.97 Å². The quantitative estimate of drug-likeness (QED) is 0.522. The molecule has 0 saturated carbocycles. The molecule has 0 N–H and O–H groups in total. The zero-order chi connectivity index (χ0) is 20.5. The van der Waals surface area contributed by atoms with Gasteiger partial charge < -0.3 is 14.5 Å². The maximum Gasteiger partial charge on any atom is 0.254 e. The number of benzene rings is 2. The number of hydrogen-bond donors (Lipinski definition) is 0. The summed E-state index contributed by atoms with van der Waals surface area (Å²) in [5.41, 5.74) is 4.08. The molecule has 1 saturated heterocycles. The average Bonchev–Trinajstić information content (AvgIpc) is 2.82. The summed E-state index contributed by atoms with van der Waals surface area (Å²) < 4.78 is 5.37. The van der Waals surface area contributed by atoms with Crippen LogP contribution in [0, 0.1) is 0 Å². The van der Waals surface area contributed by atoms with Gasteiger partial charge in [-0.1, -0.05) is 0 Å². The summed E-state index contributed by atoms with van der Waals surface area (Å²) in [5.74, 6) is 0.589. The Labute approximate surface area is 173 Å². The average molecular weight is 400 g/mol. The van der Waals surface area contributed by atoms with Crippen LogP contribution in [-0.4, -0.2) is 64.0 Å². The number of rotatable bonds is 3. The molecule has 4 aromatic rings. The van der Waals surface area contributed by atoms with Crippen LogP contribution in [0.3, 0.4) is 0 Å². The van der Waals surface area contributed by atoms with E-state index in [2.05, 4.69) is 24.8 Å². The van der Waals surface area contributed by atoms with Crippen LogP contribution in [0.5, 0.6) is 5.88 Å². The van der Waals surface area contributed by atoms with Crippen molar-refractivity contribution in [3.05, 3.63) is 60.7 Å². The van der Waals surface area contributed by atoms with E-state index in [1.807, 2.05) is 41.3 Å². The normalized spacial score (nSPS) is 14.3. The molecular formula is C22H20N6O2. The molecule has 1 aliphatic rings. The summed E-state index contributed by atoms with van der Waals surface area (Å²) >= 11 is 0. The molecule has 0 unspecified atom stereocenters. The molecule has 1 fully saturated rings. The summed E-state index contributed by atoms with van der Waals surface area (Å²) in [4.78, 5) is 34.2. The highest BCUT2D eigenvalue weighted by atomic mass is 16.5. The van der Waals surface area contributed by atoms with Crippen LogP contribution in [0.1, 0.15) is 10.4 Å². The van der Waals surface area contributed by atoms with Gasteiger partial charge >= 0.3 is 0 Å². The maximum absolute atomic E-state index is 13.0. The van der Waals surface area contributed by atoms with Crippen LogP contribution in [0.2, 0.25) is 0 Å². The Balaban J connectivity index is 1.32. The molecule has 1 aliphatic heterocycles. The summed E-state index contributed by atoms with van der Waals surface area (Å²) in [5, 5.41) is 0.883. The second kappa shape index (κ2) is 7.55. The first-order valence-corrected chi connectivity index (χ1v) is 9.77. The van der Waals surface area contributed by atoms with E-state index in [0.717, 1.165) is 40.7 Å². The fourth-order valence-corrected chi connectivity index (χ4v) is 3.83. The lowest BCUT2D eigenvalue weighted by Gasteiger charge is -2.36. The molecule has 0 atom stereocenters. The van der Waals surface area contributed by atoms with Crippen LogP contribution < -0.4 is 9.64 Å². The molecule has 30 heavy (non-hydrogen) atoms. The van der Waals surface area contributed by atoms with E-state index in [1.54, 1.807) is 19.5 Å². The van der Waals surface area contributed by atoms with Crippen LogP contribution in [0.25, 0.3) is 21.9 Å². The Bertz CT molecular complexity index is 1240. The fourth-order valence-electron chi connectivity index (χ4n) is 3.83. The lowest BCUT2D eigenvalue weighted by Crippen LogP contribution is -2.48.